The summed E-state index contributed by atoms with van der Waals surface area (Å²) in [4.78, 5) is 12.1. The number of ether oxygens (including phenoxy) is 1. The molecule has 0 bridgehead atoms. The van der Waals surface area contributed by atoms with Crippen molar-refractivity contribution in [2.45, 2.75) is 6.42 Å². The summed E-state index contributed by atoms with van der Waals surface area (Å²) >= 11 is 0. The van der Waals surface area contributed by atoms with Gasteiger partial charge in [-0.3, -0.25) is 5.32 Å². The van der Waals surface area contributed by atoms with Gasteiger partial charge in [-0.15, -0.1) is 0 Å². The van der Waals surface area contributed by atoms with Gasteiger partial charge in [0.1, 0.15) is 0 Å². The molecule has 24 heavy (non-hydrogen) atoms. The summed E-state index contributed by atoms with van der Waals surface area (Å²) in [5, 5.41) is 6.26. The van der Waals surface area contributed by atoms with Crippen molar-refractivity contribution in [2.24, 2.45) is 17.8 Å². The molecule has 2 unspecified atom stereocenters. The van der Waals surface area contributed by atoms with Gasteiger partial charge in [0.2, 0.25) is 0 Å². The van der Waals surface area contributed by atoms with Crippen LogP contribution in [-0.2, 0) is 11.2 Å². The summed E-state index contributed by atoms with van der Waals surface area (Å²) in [5.41, 5.74) is 3.13. The molecular weight excluding hydrogens is 300 g/mol. The Balaban J connectivity index is 1.34. The van der Waals surface area contributed by atoms with E-state index in [1.54, 1.807) is 0 Å². The largest absolute Gasteiger partial charge is 0.449 e. The van der Waals surface area contributed by atoms with Crippen molar-refractivity contribution < 1.29 is 9.53 Å². The first-order valence-electron chi connectivity index (χ1n) is 8.57. The van der Waals surface area contributed by atoms with E-state index in [1.807, 2.05) is 42.5 Å². The number of piperidine rings is 1. The second-order valence-corrected chi connectivity index (χ2v) is 6.69. The molecule has 4 rings (SSSR count). The molecule has 2 aromatic rings. The number of benzene rings is 2. The van der Waals surface area contributed by atoms with Crippen LogP contribution in [0.3, 0.4) is 0 Å². The Hall–Kier alpha value is -2.33. The van der Waals surface area contributed by atoms with Gasteiger partial charge in [-0.05, 0) is 48.5 Å². The summed E-state index contributed by atoms with van der Waals surface area (Å²) < 4.78 is 5.43. The molecule has 1 aliphatic carbocycles. The zero-order chi connectivity index (χ0) is 16.4. The smallest absolute Gasteiger partial charge is 0.411 e. The third-order valence-corrected chi connectivity index (χ3v) is 5.17. The maximum atomic E-state index is 12.1. The van der Waals surface area contributed by atoms with Crippen molar-refractivity contribution in [1.82, 2.24) is 5.32 Å². The molecular formula is C20H22N2O2. The molecule has 2 aliphatic rings. The quantitative estimate of drug-likeness (QED) is 0.888. The molecule has 2 fully saturated rings. The number of para-hydroxylation sites is 1. The van der Waals surface area contributed by atoms with Gasteiger partial charge in [0.15, 0.2) is 0 Å². The maximum Gasteiger partial charge on any atom is 0.411 e. The summed E-state index contributed by atoms with van der Waals surface area (Å²) in [5.74, 6) is 1.97. The fourth-order valence-corrected chi connectivity index (χ4v) is 3.72. The Labute approximate surface area is 142 Å². The fourth-order valence-electron chi connectivity index (χ4n) is 3.72. The highest BCUT2D eigenvalue weighted by atomic mass is 16.5. The van der Waals surface area contributed by atoms with Crippen molar-refractivity contribution in [3.8, 4) is 0 Å². The number of hydrogen-bond acceptors (Lipinski definition) is 3. The molecule has 1 saturated heterocycles. The molecule has 0 spiro atoms. The van der Waals surface area contributed by atoms with Crippen LogP contribution in [0, 0.1) is 17.8 Å². The normalized spacial score (nSPS) is 24.2. The molecule has 1 heterocycles. The van der Waals surface area contributed by atoms with Gasteiger partial charge >= 0.3 is 6.09 Å². The molecule has 2 N–H and O–H groups in total. The van der Waals surface area contributed by atoms with Crippen molar-refractivity contribution in [2.75, 3.05) is 25.0 Å². The van der Waals surface area contributed by atoms with E-state index in [4.69, 9.17) is 4.74 Å². The molecule has 2 atom stereocenters. The highest BCUT2D eigenvalue weighted by molar-refractivity contribution is 5.85. The van der Waals surface area contributed by atoms with Gasteiger partial charge in [0.05, 0.1) is 6.61 Å². The van der Waals surface area contributed by atoms with Crippen molar-refractivity contribution in [3.63, 3.8) is 0 Å². The van der Waals surface area contributed by atoms with E-state index in [0.29, 0.717) is 24.4 Å². The number of hydrogen-bond donors (Lipinski definition) is 2. The van der Waals surface area contributed by atoms with Gasteiger partial charge in [-0.2, -0.15) is 0 Å². The number of fused-ring (bicyclic) bond motifs is 1. The highest BCUT2D eigenvalue weighted by Gasteiger charge is 2.53. The second-order valence-electron chi connectivity index (χ2n) is 6.69. The number of amides is 1. The van der Waals surface area contributed by atoms with Crippen molar-refractivity contribution in [1.29, 1.82) is 0 Å². The summed E-state index contributed by atoms with van der Waals surface area (Å²) in [6.45, 7) is 2.67. The Morgan fingerprint density at radius 2 is 1.75 bits per heavy atom. The summed E-state index contributed by atoms with van der Waals surface area (Å²) in [6.07, 6.45) is 0.434. The van der Waals surface area contributed by atoms with Gasteiger partial charge in [-0.1, -0.05) is 48.5 Å². The Morgan fingerprint density at radius 1 is 1.04 bits per heavy atom. The molecule has 2 aromatic carbocycles. The lowest BCUT2D eigenvalue weighted by atomic mass is 10.0. The lowest BCUT2D eigenvalue weighted by molar-refractivity contribution is 0.151. The molecule has 0 radical (unpaired) electrons. The number of carbonyl (C=O) groups is 1. The Morgan fingerprint density at radius 3 is 2.54 bits per heavy atom. The molecule has 124 valence electrons. The molecule has 1 amide bonds. The van der Waals surface area contributed by atoms with E-state index in [9.17, 15) is 4.79 Å². The lowest BCUT2D eigenvalue weighted by Gasteiger charge is -2.12. The second kappa shape index (κ2) is 6.65. The van der Waals surface area contributed by atoms with E-state index in [1.165, 1.54) is 5.56 Å². The number of carbonyl (C=O) groups excluding carboxylic acids is 1. The summed E-state index contributed by atoms with van der Waals surface area (Å²) in [6, 6.07) is 18.1. The summed E-state index contributed by atoms with van der Waals surface area (Å²) in [7, 11) is 0. The number of anilines is 1. The van der Waals surface area contributed by atoms with Crippen molar-refractivity contribution in [3.05, 3.63) is 65.7 Å². The predicted octanol–water partition coefficient (Wildman–Crippen LogP) is 3.29. The average molecular weight is 322 g/mol. The fraction of sp³-hybridized carbons (Fsp3) is 0.350. The van der Waals surface area contributed by atoms with Crippen LogP contribution in [0.25, 0.3) is 0 Å². The minimum absolute atomic E-state index is 0.353. The van der Waals surface area contributed by atoms with E-state index in [2.05, 4.69) is 22.8 Å². The van der Waals surface area contributed by atoms with Crippen LogP contribution in [0.4, 0.5) is 10.5 Å². The first-order chi connectivity index (χ1) is 11.8. The van der Waals surface area contributed by atoms with Crippen LogP contribution in [0.1, 0.15) is 11.1 Å². The van der Waals surface area contributed by atoms with Crippen LogP contribution in [-0.4, -0.2) is 25.8 Å². The SMILES string of the molecule is O=C(Nc1ccccc1Cc1ccccc1)OCC1C2CNCC21. The van der Waals surface area contributed by atoms with Gasteiger partial charge in [-0.25, -0.2) is 4.79 Å². The van der Waals surface area contributed by atoms with Gasteiger partial charge in [0.25, 0.3) is 0 Å². The molecule has 1 saturated carbocycles. The van der Waals surface area contributed by atoms with Crippen LogP contribution >= 0.6 is 0 Å². The minimum Gasteiger partial charge on any atom is -0.449 e. The minimum atomic E-state index is -0.353. The Bertz CT molecular complexity index is 707. The van der Waals surface area contributed by atoms with Crippen LogP contribution < -0.4 is 10.6 Å². The monoisotopic (exact) mass is 322 g/mol. The van der Waals surface area contributed by atoms with E-state index >= 15 is 0 Å². The molecule has 0 aromatic heterocycles. The van der Waals surface area contributed by atoms with Crippen LogP contribution in [0.15, 0.2) is 54.6 Å². The molecule has 1 aliphatic heterocycles. The third-order valence-electron chi connectivity index (χ3n) is 5.17. The van der Waals surface area contributed by atoms with Crippen molar-refractivity contribution >= 4 is 11.8 Å². The first-order valence-corrected chi connectivity index (χ1v) is 8.57. The highest BCUT2D eigenvalue weighted by Crippen LogP contribution is 2.48. The van der Waals surface area contributed by atoms with Gasteiger partial charge in [0, 0.05) is 11.6 Å². The zero-order valence-corrected chi connectivity index (χ0v) is 13.6. The van der Waals surface area contributed by atoms with E-state index in [-0.39, 0.29) is 6.09 Å². The lowest BCUT2D eigenvalue weighted by Crippen LogP contribution is -2.20. The van der Waals surface area contributed by atoms with E-state index in [0.717, 1.165) is 30.8 Å². The van der Waals surface area contributed by atoms with E-state index < -0.39 is 0 Å². The Kier molecular flexibility index (Phi) is 4.22. The average Bonchev–Trinajstić information content (AvgIpc) is 3.03. The molecule has 4 nitrogen and oxygen atoms in total. The zero-order valence-electron chi connectivity index (χ0n) is 13.6. The van der Waals surface area contributed by atoms with Gasteiger partial charge < -0.3 is 10.1 Å². The number of nitrogens with one attached hydrogen (secondary N) is 2. The third kappa shape index (κ3) is 3.29. The number of rotatable bonds is 5. The van der Waals surface area contributed by atoms with Crippen LogP contribution in [0.5, 0.6) is 0 Å². The standard InChI is InChI=1S/C20H22N2O2/c23-20(24-13-18-16-11-21-12-17(16)18)22-19-9-5-4-8-15(19)10-14-6-2-1-3-7-14/h1-9,16-18,21H,10-13H2,(H,22,23). The molecule has 4 heteroatoms. The predicted molar refractivity (Wildman–Crippen MR) is 94.0 cm³/mol. The topological polar surface area (TPSA) is 50.4 Å². The maximum absolute atomic E-state index is 12.1. The first kappa shape index (κ1) is 15.2. The van der Waals surface area contributed by atoms with Crippen LogP contribution in [0.2, 0.25) is 0 Å².